The van der Waals surface area contributed by atoms with Crippen molar-refractivity contribution in [3.8, 4) is 0 Å². The second-order valence-electron chi connectivity index (χ2n) is 3.51. The molecule has 1 rings (SSSR count). The number of aliphatic hydroxyl groups excluding tert-OH is 1. The van der Waals surface area contributed by atoms with Crippen LogP contribution < -0.4 is 0 Å². The maximum atomic E-state index is 9.27. The van der Waals surface area contributed by atoms with Gasteiger partial charge in [-0.1, -0.05) is 48.6 Å². The Labute approximate surface area is 91.1 Å². The van der Waals surface area contributed by atoms with Crippen LogP contribution in [0, 0.1) is 6.92 Å². The molecule has 0 aliphatic carbocycles. The predicted molar refractivity (Wildman–Crippen MR) is 65.7 cm³/mol. The van der Waals surface area contributed by atoms with Crippen molar-refractivity contribution >= 4 is 5.57 Å². The lowest BCUT2D eigenvalue weighted by atomic mass is 10.0. The van der Waals surface area contributed by atoms with E-state index >= 15 is 0 Å². The van der Waals surface area contributed by atoms with Gasteiger partial charge in [-0.05, 0) is 31.1 Å². The van der Waals surface area contributed by atoms with Crippen LogP contribution >= 0.6 is 0 Å². The molecule has 1 N–H and O–H groups in total. The second-order valence-corrected chi connectivity index (χ2v) is 3.51. The highest BCUT2D eigenvalue weighted by atomic mass is 16.3. The Morgan fingerprint density at radius 3 is 2.67 bits per heavy atom. The minimum absolute atomic E-state index is 0.296. The van der Waals surface area contributed by atoms with Crippen molar-refractivity contribution in [2.45, 2.75) is 13.8 Å². The van der Waals surface area contributed by atoms with E-state index in [0.29, 0.717) is 5.76 Å². The molecule has 0 bridgehead atoms. The first kappa shape index (κ1) is 11.3. The van der Waals surface area contributed by atoms with Crippen molar-refractivity contribution < 1.29 is 5.11 Å². The van der Waals surface area contributed by atoms with Gasteiger partial charge in [0.15, 0.2) is 0 Å². The van der Waals surface area contributed by atoms with Crippen molar-refractivity contribution in [1.29, 1.82) is 0 Å². The molecule has 0 saturated heterocycles. The summed E-state index contributed by atoms with van der Waals surface area (Å²) >= 11 is 0. The first-order valence-corrected chi connectivity index (χ1v) is 4.90. The first-order chi connectivity index (χ1) is 7.13. The number of aliphatic hydroxyl groups is 1. The van der Waals surface area contributed by atoms with E-state index in [4.69, 9.17) is 0 Å². The molecule has 0 aliphatic heterocycles. The zero-order valence-electron chi connectivity index (χ0n) is 9.20. The number of rotatable bonds is 3. The lowest BCUT2D eigenvalue weighted by Crippen LogP contribution is -1.84. The minimum atomic E-state index is 0.296. The molecular weight excluding hydrogens is 184 g/mol. The molecule has 0 aliphatic rings. The highest BCUT2D eigenvalue weighted by Gasteiger charge is 1.98. The molecule has 0 fully saturated rings. The summed E-state index contributed by atoms with van der Waals surface area (Å²) in [5.74, 6) is 0.296. The normalized spacial score (nSPS) is 12.7. The third-order valence-corrected chi connectivity index (χ3v) is 2.01. The summed E-state index contributed by atoms with van der Waals surface area (Å²) in [6.07, 6.45) is 5.34. The fourth-order valence-corrected chi connectivity index (χ4v) is 1.40. The summed E-state index contributed by atoms with van der Waals surface area (Å²) in [6.45, 7) is 7.37. The molecule has 0 amide bonds. The van der Waals surface area contributed by atoms with Crippen molar-refractivity contribution in [3.05, 3.63) is 66.0 Å². The molecule has 1 aromatic carbocycles. The fourth-order valence-electron chi connectivity index (χ4n) is 1.40. The maximum absolute atomic E-state index is 9.27. The molecule has 78 valence electrons. The fraction of sp³-hybridized carbons (Fsp3) is 0.143. The Bertz CT molecular complexity index is 407. The minimum Gasteiger partial charge on any atom is -0.513 e. The number of hydrogen-bond donors (Lipinski definition) is 1. The van der Waals surface area contributed by atoms with Gasteiger partial charge < -0.3 is 5.11 Å². The third-order valence-electron chi connectivity index (χ3n) is 2.01. The quantitative estimate of drug-likeness (QED) is 0.577. The van der Waals surface area contributed by atoms with Crippen LogP contribution in [0.3, 0.4) is 0 Å². The van der Waals surface area contributed by atoms with Crippen LogP contribution in [-0.4, -0.2) is 5.11 Å². The van der Waals surface area contributed by atoms with E-state index in [2.05, 4.69) is 12.6 Å². The standard InChI is InChI=1S/C14H16O/c1-4-6-13(10-12(3)15)14-8-5-7-11(2)9-14/h4-10,15H,1H2,2-3H3/b12-10+,13-6+. The van der Waals surface area contributed by atoms with Crippen molar-refractivity contribution in [3.63, 3.8) is 0 Å². The zero-order chi connectivity index (χ0) is 11.3. The molecule has 0 aromatic heterocycles. The monoisotopic (exact) mass is 200 g/mol. The summed E-state index contributed by atoms with van der Waals surface area (Å²) in [6, 6.07) is 8.14. The summed E-state index contributed by atoms with van der Waals surface area (Å²) in [5.41, 5.74) is 3.25. The summed E-state index contributed by atoms with van der Waals surface area (Å²) < 4.78 is 0. The van der Waals surface area contributed by atoms with Crippen LogP contribution in [0.1, 0.15) is 18.1 Å². The van der Waals surface area contributed by atoms with Gasteiger partial charge in [-0.3, -0.25) is 0 Å². The topological polar surface area (TPSA) is 20.2 Å². The molecule has 0 saturated carbocycles. The van der Waals surface area contributed by atoms with E-state index in [-0.39, 0.29) is 0 Å². The van der Waals surface area contributed by atoms with Crippen LogP contribution in [0.5, 0.6) is 0 Å². The number of hydrogen-bond acceptors (Lipinski definition) is 1. The van der Waals surface area contributed by atoms with Gasteiger partial charge in [-0.15, -0.1) is 0 Å². The second kappa shape index (κ2) is 5.20. The van der Waals surface area contributed by atoms with Crippen LogP contribution in [0.2, 0.25) is 0 Å². The smallest absolute Gasteiger partial charge is 0.0897 e. The van der Waals surface area contributed by atoms with Crippen molar-refractivity contribution in [2.24, 2.45) is 0 Å². The van der Waals surface area contributed by atoms with E-state index in [1.807, 2.05) is 31.2 Å². The molecular formula is C14H16O. The molecule has 0 radical (unpaired) electrons. The van der Waals surface area contributed by atoms with Crippen molar-refractivity contribution in [1.82, 2.24) is 0 Å². The molecule has 1 aromatic rings. The van der Waals surface area contributed by atoms with E-state index in [1.54, 1.807) is 19.1 Å². The summed E-state index contributed by atoms with van der Waals surface area (Å²) in [4.78, 5) is 0. The van der Waals surface area contributed by atoms with E-state index in [0.717, 1.165) is 11.1 Å². The SMILES string of the molecule is C=C/C=C(\C=C(/C)O)c1cccc(C)c1. The van der Waals surface area contributed by atoms with Gasteiger partial charge in [0, 0.05) is 0 Å². The molecule has 0 spiro atoms. The van der Waals surface area contributed by atoms with Gasteiger partial charge >= 0.3 is 0 Å². The molecule has 15 heavy (non-hydrogen) atoms. The molecule has 0 unspecified atom stereocenters. The van der Waals surface area contributed by atoms with E-state index in [1.165, 1.54) is 5.56 Å². The van der Waals surface area contributed by atoms with Gasteiger partial charge in [0.1, 0.15) is 0 Å². The molecule has 0 atom stereocenters. The Balaban J connectivity index is 3.16. The molecule has 0 heterocycles. The highest BCUT2D eigenvalue weighted by molar-refractivity contribution is 5.75. The summed E-state index contributed by atoms with van der Waals surface area (Å²) in [5, 5.41) is 9.27. The number of benzene rings is 1. The van der Waals surface area contributed by atoms with Gasteiger partial charge in [0.2, 0.25) is 0 Å². The Hall–Kier alpha value is -1.76. The Kier molecular flexibility index (Phi) is 3.92. The largest absolute Gasteiger partial charge is 0.513 e. The van der Waals surface area contributed by atoms with Gasteiger partial charge in [-0.25, -0.2) is 0 Å². The first-order valence-electron chi connectivity index (χ1n) is 4.90. The number of allylic oxidation sites excluding steroid dienone is 5. The van der Waals surface area contributed by atoms with E-state index < -0.39 is 0 Å². The Morgan fingerprint density at radius 2 is 2.13 bits per heavy atom. The average molecular weight is 200 g/mol. The molecule has 1 nitrogen and oxygen atoms in total. The van der Waals surface area contributed by atoms with Crippen LogP contribution in [-0.2, 0) is 0 Å². The highest BCUT2D eigenvalue weighted by Crippen LogP contribution is 2.18. The van der Waals surface area contributed by atoms with Gasteiger partial charge in [0.05, 0.1) is 5.76 Å². The van der Waals surface area contributed by atoms with Crippen LogP contribution in [0.25, 0.3) is 5.57 Å². The van der Waals surface area contributed by atoms with Crippen LogP contribution in [0.15, 0.2) is 54.8 Å². The zero-order valence-corrected chi connectivity index (χ0v) is 9.20. The van der Waals surface area contributed by atoms with Crippen LogP contribution in [0.4, 0.5) is 0 Å². The third kappa shape index (κ3) is 3.47. The lowest BCUT2D eigenvalue weighted by Gasteiger charge is -2.03. The average Bonchev–Trinajstić information content (AvgIpc) is 2.16. The van der Waals surface area contributed by atoms with Crippen molar-refractivity contribution in [2.75, 3.05) is 0 Å². The lowest BCUT2D eigenvalue weighted by molar-refractivity contribution is 0.415. The summed E-state index contributed by atoms with van der Waals surface area (Å²) in [7, 11) is 0. The van der Waals surface area contributed by atoms with Gasteiger partial charge in [-0.2, -0.15) is 0 Å². The van der Waals surface area contributed by atoms with Gasteiger partial charge in [0.25, 0.3) is 0 Å². The predicted octanol–water partition coefficient (Wildman–Crippen LogP) is 4.03. The van der Waals surface area contributed by atoms with E-state index in [9.17, 15) is 5.11 Å². The molecule has 1 heteroatoms. The number of aryl methyl sites for hydroxylation is 1. The maximum Gasteiger partial charge on any atom is 0.0897 e. The Morgan fingerprint density at radius 1 is 1.40 bits per heavy atom.